The van der Waals surface area contributed by atoms with Gasteiger partial charge in [-0.25, -0.2) is 4.79 Å². The van der Waals surface area contributed by atoms with E-state index in [2.05, 4.69) is 0 Å². The first kappa shape index (κ1) is 22.1. The average molecular weight is 494 g/mol. The van der Waals surface area contributed by atoms with Crippen LogP contribution in [0.25, 0.3) is 6.08 Å². The molecule has 2 heterocycles. The fourth-order valence-electron chi connectivity index (χ4n) is 3.45. The van der Waals surface area contributed by atoms with Crippen LogP contribution in [0.15, 0.2) is 71.6 Å². The second-order valence-corrected chi connectivity index (χ2v) is 8.79. The molecular formula is C25H16ClNO6S. The molecule has 1 saturated heterocycles. The van der Waals surface area contributed by atoms with E-state index < -0.39 is 17.1 Å². The maximum atomic E-state index is 12.9. The molecule has 0 bridgehead atoms. The molecule has 34 heavy (non-hydrogen) atoms. The number of rotatable bonds is 5. The summed E-state index contributed by atoms with van der Waals surface area (Å²) in [6.45, 7) is 0.103. The van der Waals surface area contributed by atoms with Crippen LogP contribution in [-0.4, -0.2) is 28.8 Å². The van der Waals surface area contributed by atoms with E-state index in [1.807, 2.05) is 6.07 Å². The smallest absolute Gasteiger partial charge is 0.343 e. The van der Waals surface area contributed by atoms with Crippen molar-refractivity contribution in [3.05, 3.63) is 93.3 Å². The van der Waals surface area contributed by atoms with E-state index in [9.17, 15) is 14.4 Å². The number of ether oxygens (including phenoxy) is 3. The van der Waals surface area contributed by atoms with Crippen LogP contribution in [0.2, 0.25) is 5.02 Å². The first-order valence-corrected chi connectivity index (χ1v) is 11.4. The van der Waals surface area contributed by atoms with Gasteiger partial charge in [-0.3, -0.25) is 14.5 Å². The molecule has 9 heteroatoms. The van der Waals surface area contributed by atoms with Crippen molar-refractivity contribution in [2.24, 2.45) is 0 Å². The van der Waals surface area contributed by atoms with Crippen LogP contribution >= 0.6 is 23.4 Å². The zero-order chi connectivity index (χ0) is 23.7. The minimum atomic E-state index is -0.487. The minimum Gasteiger partial charge on any atom is -0.454 e. The Morgan fingerprint density at radius 3 is 2.59 bits per heavy atom. The molecule has 0 saturated carbocycles. The molecule has 0 radical (unpaired) electrons. The highest BCUT2D eigenvalue weighted by molar-refractivity contribution is 8.18. The molecule has 2 aliphatic rings. The molecule has 2 amide bonds. The van der Waals surface area contributed by atoms with Gasteiger partial charge in [0.1, 0.15) is 5.75 Å². The van der Waals surface area contributed by atoms with Gasteiger partial charge in [-0.2, -0.15) is 0 Å². The maximum absolute atomic E-state index is 12.9. The number of esters is 1. The number of carbonyl (C=O) groups excluding carboxylic acids is 3. The molecule has 0 aliphatic carbocycles. The number of thioether (sulfide) groups is 1. The molecular weight excluding hydrogens is 478 g/mol. The van der Waals surface area contributed by atoms with E-state index in [0.717, 1.165) is 16.7 Å². The zero-order valence-corrected chi connectivity index (χ0v) is 19.1. The molecule has 3 aromatic carbocycles. The maximum Gasteiger partial charge on any atom is 0.343 e. The summed E-state index contributed by atoms with van der Waals surface area (Å²) >= 11 is 7.14. The molecule has 0 N–H and O–H groups in total. The summed E-state index contributed by atoms with van der Waals surface area (Å²) in [5.74, 6) is 0.447. The Hall–Kier alpha value is -3.75. The molecule has 7 nitrogen and oxygen atoms in total. The lowest BCUT2D eigenvalue weighted by atomic mass is 10.1. The van der Waals surface area contributed by atoms with Gasteiger partial charge in [-0.1, -0.05) is 41.9 Å². The summed E-state index contributed by atoms with van der Waals surface area (Å²) in [5, 5.41) is -0.0307. The number of amides is 2. The SMILES string of the molecule is O=C(Oc1cccc(/C=C2\SC(=O)N(Cc3cc4c(cc3Cl)OCO4)C2=O)c1)c1ccccc1. The van der Waals surface area contributed by atoms with Crippen molar-refractivity contribution in [3.8, 4) is 17.2 Å². The van der Waals surface area contributed by atoms with Crippen LogP contribution in [0.1, 0.15) is 21.5 Å². The predicted octanol–water partition coefficient (Wildman–Crippen LogP) is 5.52. The van der Waals surface area contributed by atoms with E-state index in [-0.39, 0.29) is 18.2 Å². The number of halogens is 1. The van der Waals surface area contributed by atoms with E-state index in [1.54, 1.807) is 66.7 Å². The van der Waals surface area contributed by atoms with Crippen molar-refractivity contribution in [2.75, 3.05) is 6.79 Å². The third-order valence-corrected chi connectivity index (χ3v) is 6.38. The highest BCUT2D eigenvalue weighted by Gasteiger charge is 2.35. The van der Waals surface area contributed by atoms with E-state index in [4.69, 9.17) is 25.8 Å². The summed E-state index contributed by atoms with van der Waals surface area (Å²) in [6, 6.07) is 18.6. The molecule has 0 aromatic heterocycles. The Bertz CT molecular complexity index is 1340. The summed E-state index contributed by atoms with van der Waals surface area (Å²) in [4.78, 5) is 39.2. The van der Waals surface area contributed by atoms with Gasteiger partial charge in [-0.15, -0.1) is 0 Å². The molecule has 0 unspecified atom stereocenters. The lowest BCUT2D eigenvalue weighted by molar-refractivity contribution is -0.123. The lowest BCUT2D eigenvalue weighted by Crippen LogP contribution is -2.27. The Balaban J connectivity index is 1.32. The Kier molecular flexibility index (Phi) is 6.00. The van der Waals surface area contributed by atoms with Crippen LogP contribution in [0.4, 0.5) is 4.79 Å². The number of hydrogen-bond donors (Lipinski definition) is 0. The lowest BCUT2D eigenvalue weighted by Gasteiger charge is -2.14. The summed E-state index contributed by atoms with van der Waals surface area (Å²) < 4.78 is 16.1. The molecule has 170 valence electrons. The summed E-state index contributed by atoms with van der Waals surface area (Å²) in [5.41, 5.74) is 1.62. The quantitative estimate of drug-likeness (QED) is 0.263. The minimum absolute atomic E-state index is 0.00616. The van der Waals surface area contributed by atoms with E-state index in [1.165, 1.54) is 0 Å². The third-order valence-electron chi connectivity index (χ3n) is 5.12. The van der Waals surface area contributed by atoms with Crippen molar-refractivity contribution in [2.45, 2.75) is 6.54 Å². The fraction of sp³-hybridized carbons (Fsp3) is 0.0800. The van der Waals surface area contributed by atoms with Crippen LogP contribution < -0.4 is 14.2 Å². The van der Waals surface area contributed by atoms with Gasteiger partial charge in [0.2, 0.25) is 6.79 Å². The van der Waals surface area contributed by atoms with Crippen LogP contribution in [0, 0.1) is 0 Å². The second kappa shape index (κ2) is 9.24. The molecule has 2 aliphatic heterocycles. The molecule has 0 spiro atoms. The van der Waals surface area contributed by atoms with Gasteiger partial charge in [0.05, 0.1) is 17.0 Å². The summed E-state index contributed by atoms with van der Waals surface area (Å²) in [6.07, 6.45) is 1.59. The number of fused-ring (bicyclic) bond motifs is 1. The monoisotopic (exact) mass is 493 g/mol. The van der Waals surface area contributed by atoms with Gasteiger partial charge < -0.3 is 14.2 Å². The largest absolute Gasteiger partial charge is 0.454 e. The van der Waals surface area contributed by atoms with Crippen LogP contribution in [0.5, 0.6) is 17.2 Å². The normalized spacial score (nSPS) is 15.8. The van der Waals surface area contributed by atoms with Crippen molar-refractivity contribution < 1.29 is 28.6 Å². The number of hydrogen-bond acceptors (Lipinski definition) is 7. The number of nitrogens with zero attached hydrogens (tertiary/aromatic N) is 1. The van der Waals surface area contributed by atoms with Crippen molar-refractivity contribution in [3.63, 3.8) is 0 Å². The molecule has 3 aromatic rings. The van der Waals surface area contributed by atoms with Gasteiger partial charge in [0.25, 0.3) is 11.1 Å². The molecule has 0 atom stereocenters. The Labute approximate surface area is 203 Å². The highest BCUT2D eigenvalue weighted by Crippen LogP contribution is 2.39. The first-order valence-electron chi connectivity index (χ1n) is 10.2. The molecule has 1 fully saturated rings. The standard InChI is InChI=1S/C25H16ClNO6S/c26-19-12-21-20(31-14-32-21)11-17(19)13-27-23(28)22(34-25(27)30)10-15-5-4-8-18(9-15)33-24(29)16-6-2-1-3-7-16/h1-12H,13-14H2/b22-10-. The molecule has 5 rings (SSSR count). The number of benzene rings is 3. The topological polar surface area (TPSA) is 82.1 Å². The van der Waals surface area contributed by atoms with Gasteiger partial charge in [0, 0.05) is 11.1 Å². The fourth-order valence-corrected chi connectivity index (χ4v) is 4.50. The predicted molar refractivity (Wildman–Crippen MR) is 127 cm³/mol. The van der Waals surface area contributed by atoms with Gasteiger partial charge >= 0.3 is 5.97 Å². The van der Waals surface area contributed by atoms with Crippen molar-refractivity contribution in [1.82, 2.24) is 4.90 Å². The van der Waals surface area contributed by atoms with Crippen molar-refractivity contribution in [1.29, 1.82) is 0 Å². The van der Waals surface area contributed by atoms with Crippen LogP contribution in [0.3, 0.4) is 0 Å². The number of imide groups is 1. The first-order chi connectivity index (χ1) is 16.5. The zero-order valence-electron chi connectivity index (χ0n) is 17.5. The Morgan fingerprint density at radius 2 is 1.79 bits per heavy atom. The second-order valence-electron chi connectivity index (χ2n) is 7.39. The Morgan fingerprint density at radius 1 is 1.03 bits per heavy atom. The van der Waals surface area contributed by atoms with E-state index >= 15 is 0 Å². The average Bonchev–Trinajstić information content (AvgIpc) is 3.39. The van der Waals surface area contributed by atoms with Gasteiger partial charge in [0.15, 0.2) is 11.5 Å². The van der Waals surface area contributed by atoms with Crippen LogP contribution in [-0.2, 0) is 11.3 Å². The van der Waals surface area contributed by atoms with E-state index in [0.29, 0.717) is 39.0 Å². The van der Waals surface area contributed by atoms with Crippen molar-refractivity contribution >= 4 is 46.6 Å². The third kappa shape index (κ3) is 4.50. The highest BCUT2D eigenvalue weighted by atomic mass is 35.5. The summed E-state index contributed by atoms with van der Waals surface area (Å²) in [7, 11) is 0. The number of carbonyl (C=O) groups is 3. The van der Waals surface area contributed by atoms with Gasteiger partial charge in [-0.05, 0) is 59.3 Å².